The lowest BCUT2D eigenvalue weighted by Crippen LogP contribution is -2.18. The molecule has 0 spiro atoms. The molecular formula is C16H20ClN3O. The zero-order valence-corrected chi connectivity index (χ0v) is 13.7. The number of ether oxygens (including phenoxy) is 1. The molecule has 0 atom stereocenters. The summed E-state index contributed by atoms with van der Waals surface area (Å²) in [7, 11) is 1.84. The highest BCUT2D eigenvalue weighted by Gasteiger charge is 2.21. The van der Waals surface area contributed by atoms with Crippen molar-refractivity contribution in [1.29, 1.82) is 0 Å². The highest BCUT2D eigenvalue weighted by atomic mass is 35.5. The summed E-state index contributed by atoms with van der Waals surface area (Å²) in [4.78, 5) is 9.11. The van der Waals surface area contributed by atoms with E-state index in [-0.39, 0.29) is 5.41 Å². The minimum atomic E-state index is -0.161. The van der Waals surface area contributed by atoms with E-state index in [0.717, 1.165) is 17.2 Å². The molecule has 2 aromatic rings. The molecule has 0 unspecified atom stereocenters. The predicted molar refractivity (Wildman–Crippen MR) is 86.5 cm³/mol. The molecule has 0 amide bonds. The minimum Gasteiger partial charge on any atom is -0.438 e. The molecule has 0 aliphatic rings. The van der Waals surface area contributed by atoms with Gasteiger partial charge in [0.25, 0.3) is 0 Å². The van der Waals surface area contributed by atoms with Gasteiger partial charge in [0.2, 0.25) is 5.88 Å². The van der Waals surface area contributed by atoms with E-state index in [4.69, 9.17) is 16.3 Å². The molecule has 0 aliphatic carbocycles. The number of hydrogen-bond acceptors (Lipinski definition) is 4. The first kappa shape index (κ1) is 15.6. The van der Waals surface area contributed by atoms with Crippen molar-refractivity contribution in [2.45, 2.75) is 33.1 Å². The summed E-state index contributed by atoms with van der Waals surface area (Å²) < 4.78 is 5.89. The van der Waals surface area contributed by atoms with Crippen molar-refractivity contribution < 1.29 is 4.74 Å². The third-order valence-electron chi connectivity index (χ3n) is 3.02. The Morgan fingerprint density at radius 3 is 2.48 bits per heavy atom. The van der Waals surface area contributed by atoms with Crippen molar-refractivity contribution in [3.8, 4) is 11.6 Å². The van der Waals surface area contributed by atoms with Gasteiger partial charge in [-0.1, -0.05) is 38.4 Å². The van der Waals surface area contributed by atoms with Gasteiger partial charge < -0.3 is 10.1 Å². The fraction of sp³-hybridized carbons (Fsp3) is 0.375. The van der Waals surface area contributed by atoms with Crippen molar-refractivity contribution in [2.24, 2.45) is 0 Å². The SMILES string of the molecule is CNc1nc(C(C)(C)C)nc(Oc2cccc(Cl)c2)c1C. The number of nitrogens with zero attached hydrogens (tertiary/aromatic N) is 2. The molecule has 1 aromatic heterocycles. The van der Waals surface area contributed by atoms with E-state index >= 15 is 0 Å². The quantitative estimate of drug-likeness (QED) is 0.902. The fourth-order valence-electron chi connectivity index (χ4n) is 1.82. The Labute approximate surface area is 130 Å². The predicted octanol–water partition coefficient (Wildman–Crippen LogP) is 4.57. The summed E-state index contributed by atoms with van der Waals surface area (Å²) in [5, 5.41) is 3.72. The van der Waals surface area contributed by atoms with E-state index in [0.29, 0.717) is 16.7 Å². The average Bonchev–Trinajstić information content (AvgIpc) is 2.40. The summed E-state index contributed by atoms with van der Waals surface area (Å²) in [6.45, 7) is 8.14. The molecule has 0 aliphatic heterocycles. The standard InChI is InChI=1S/C16H20ClN3O/c1-10-13(18-5)19-15(16(2,3)4)20-14(10)21-12-8-6-7-11(17)9-12/h6-9H,1-5H3,(H,18,19,20). The molecule has 5 heteroatoms. The van der Waals surface area contributed by atoms with Gasteiger partial charge in [-0.3, -0.25) is 0 Å². The number of halogens is 1. The van der Waals surface area contributed by atoms with Gasteiger partial charge in [-0.25, -0.2) is 4.98 Å². The minimum absolute atomic E-state index is 0.161. The van der Waals surface area contributed by atoms with Crippen molar-refractivity contribution >= 4 is 17.4 Å². The van der Waals surface area contributed by atoms with Crippen LogP contribution in [0.3, 0.4) is 0 Å². The molecule has 1 heterocycles. The smallest absolute Gasteiger partial charge is 0.227 e. The topological polar surface area (TPSA) is 47.0 Å². The van der Waals surface area contributed by atoms with Crippen molar-refractivity contribution in [2.75, 3.05) is 12.4 Å². The van der Waals surface area contributed by atoms with Gasteiger partial charge in [0.15, 0.2) is 0 Å². The van der Waals surface area contributed by atoms with E-state index in [9.17, 15) is 0 Å². The molecule has 1 N–H and O–H groups in total. The number of nitrogens with one attached hydrogen (secondary N) is 1. The molecule has 4 nitrogen and oxygen atoms in total. The van der Waals surface area contributed by atoms with E-state index in [1.54, 1.807) is 12.1 Å². The second kappa shape index (κ2) is 5.90. The summed E-state index contributed by atoms with van der Waals surface area (Å²) in [6, 6.07) is 7.26. The molecule has 0 saturated carbocycles. The van der Waals surface area contributed by atoms with Crippen LogP contribution >= 0.6 is 11.6 Å². The van der Waals surface area contributed by atoms with Crippen LogP contribution in [0.2, 0.25) is 5.02 Å². The molecule has 112 valence electrons. The largest absolute Gasteiger partial charge is 0.438 e. The van der Waals surface area contributed by atoms with Crippen LogP contribution < -0.4 is 10.1 Å². The van der Waals surface area contributed by atoms with Crippen LogP contribution in [0.25, 0.3) is 0 Å². The van der Waals surface area contributed by atoms with Crippen molar-refractivity contribution in [3.63, 3.8) is 0 Å². The maximum atomic E-state index is 5.99. The summed E-state index contributed by atoms with van der Waals surface area (Å²) in [6.07, 6.45) is 0. The van der Waals surface area contributed by atoms with Crippen LogP contribution in [0.4, 0.5) is 5.82 Å². The van der Waals surface area contributed by atoms with Crippen LogP contribution in [0.5, 0.6) is 11.6 Å². The van der Waals surface area contributed by atoms with Crippen LogP contribution in [0.1, 0.15) is 32.2 Å². The third-order valence-corrected chi connectivity index (χ3v) is 3.25. The highest BCUT2D eigenvalue weighted by Crippen LogP contribution is 2.31. The fourth-order valence-corrected chi connectivity index (χ4v) is 2.00. The molecule has 0 bridgehead atoms. The van der Waals surface area contributed by atoms with Crippen LogP contribution in [0, 0.1) is 6.92 Å². The van der Waals surface area contributed by atoms with Crippen molar-refractivity contribution in [3.05, 3.63) is 40.7 Å². The Hall–Kier alpha value is -1.81. The van der Waals surface area contributed by atoms with E-state index in [1.807, 2.05) is 26.1 Å². The first-order valence-corrected chi connectivity index (χ1v) is 7.19. The Balaban J connectivity index is 2.47. The summed E-state index contributed by atoms with van der Waals surface area (Å²) in [5.74, 6) is 2.70. The number of benzene rings is 1. The lowest BCUT2D eigenvalue weighted by atomic mass is 9.95. The highest BCUT2D eigenvalue weighted by molar-refractivity contribution is 6.30. The number of hydrogen-bond donors (Lipinski definition) is 1. The zero-order chi connectivity index (χ0) is 15.6. The van der Waals surface area contributed by atoms with Gasteiger partial charge in [0.1, 0.15) is 17.4 Å². The van der Waals surface area contributed by atoms with Crippen LogP contribution in [-0.4, -0.2) is 17.0 Å². The van der Waals surface area contributed by atoms with Gasteiger partial charge in [-0.05, 0) is 25.1 Å². The average molecular weight is 306 g/mol. The van der Waals surface area contributed by atoms with Gasteiger partial charge >= 0.3 is 0 Å². The maximum absolute atomic E-state index is 5.99. The molecule has 0 fully saturated rings. The summed E-state index contributed by atoms with van der Waals surface area (Å²) in [5.41, 5.74) is 0.705. The molecule has 21 heavy (non-hydrogen) atoms. The second-order valence-electron chi connectivity index (χ2n) is 5.89. The van der Waals surface area contributed by atoms with Crippen LogP contribution in [0.15, 0.2) is 24.3 Å². The Morgan fingerprint density at radius 1 is 1.19 bits per heavy atom. The Bertz CT molecular complexity index is 650. The number of aromatic nitrogens is 2. The van der Waals surface area contributed by atoms with Crippen molar-refractivity contribution in [1.82, 2.24) is 9.97 Å². The first-order chi connectivity index (χ1) is 9.81. The number of anilines is 1. The van der Waals surface area contributed by atoms with Gasteiger partial charge in [0.05, 0.1) is 5.56 Å². The zero-order valence-electron chi connectivity index (χ0n) is 13.0. The number of rotatable bonds is 3. The molecule has 0 radical (unpaired) electrons. The molecular weight excluding hydrogens is 286 g/mol. The molecule has 1 aromatic carbocycles. The Kier molecular flexibility index (Phi) is 4.37. The van der Waals surface area contributed by atoms with E-state index in [2.05, 4.69) is 36.1 Å². The van der Waals surface area contributed by atoms with E-state index in [1.165, 1.54) is 0 Å². The van der Waals surface area contributed by atoms with Crippen LogP contribution in [-0.2, 0) is 5.41 Å². The molecule has 0 saturated heterocycles. The first-order valence-electron chi connectivity index (χ1n) is 6.81. The monoisotopic (exact) mass is 305 g/mol. The normalized spacial score (nSPS) is 11.3. The second-order valence-corrected chi connectivity index (χ2v) is 6.32. The Morgan fingerprint density at radius 2 is 1.90 bits per heavy atom. The lowest BCUT2D eigenvalue weighted by Gasteiger charge is -2.20. The third kappa shape index (κ3) is 3.64. The molecule has 2 rings (SSSR count). The van der Waals surface area contributed by atoms with E-state index < -0.39 is 0 Å². The van der Waals surface area contributed by atoms with Gasteiger partial charge in [-0.2, -0.15) is 4.98 Å². The summed E-state index contributed by atoms with van der Waals surface area (Å²) >= 11 is 5.99. The van der Waals surface area contributed by atoms with Gasteiger partial charge in [0, 0.05) is 17.5 Å². The maximum Gasteiger partial charge on any atom is 0.227 e. The lowest BCUT2D eigenvalue weighted by molar-refractivity contribution is 0.442. The van der Waals surface area contributed by atoms with Gasteiger partial charge in [-0.15, -0.1) is 0 Å².